The summed E-state index contributed by atoms with van der Waals surface area (Å²) in [5.74, 6) is 0. The van der Waals surface area contributed by atoms with Crippen molar-refractivity contribution in [1.82, 2.24) is 4.90 Å². The molecule has 1 aliphatic heterocycles. The van der Waals surface area contributed by atoms with Gasteiger partial charge in [-0.2, -0.15) is 0 Å². The van der Waals surface area contributed by atoms with Gasteiger partial charge in [-0.1, -0.05) is 19.8 Å². The quantitative estimate of drug-likeness (QED) is 0.614. The van der Waals surface area contributed by atoms with Gasteiger partial charge in [0.05, 0.1) is 0 Å². The summed E-state index contributed by atoms with van der Waals surface area (Å²) >= 11 is 0. The van der Waals surface area contributed by atoms with Crippen LogP contribution in [0.3, 0.4) is 0 Å². The smallest absolute Gasteiger partial charge is 0.00953 e. The second-order valence-corrected chi connectivity index (χ2v) is 4.24. The molecule has 1 aliphatic rings. The molecule has 0 radical (unpaired) electrons. The van der Waals surface area contributed by atoms with Gasteiger partial charge in [0.25, 0.3) is 0 Å². The van der Waals surface area contributed by atoms with Crippen LogP contribution in [0.1, 0.15) is 52.9 Å². The zero-order valence-electron chi connectivity index (χ0n) is 8.84. The van der Waals surface area contributed by atoms with Crippen LogP contribution in [0.2, 0.25) is 0 Å². The highest BCUT2D eigenvalue weighted by atomic mass is 15.2. The molecule has 0 aromatic carbocycles. The number of hydrogen-bond donors (Lipinski definition) is 0. The van der Waals surface area contributed by atoms with Crippen molar-refractivity contribution < 1.29 is 0 Å². The first-order chi connectivity index (χ1) is 5.75. The molecule has 0 aromatic heterocycles. The third-order valence-corrected chi connectivity index (χ3v) is 3.06. The average Bonchev–Trinajstić information content (AvgIpc) is 2.27. The van der Waals surface area contributed by atoms with Gasteiger partial charge >= 0.3 is 0 Å². The zero-order chi connectivity index (χ0) is 8.97. The van der Waals surface area contributed by atoms with Crippen molar-refractivity contribution in [3.8, 4) is 0 Å². The molecule has 0 saturated carbocycles. The lowest BCUT2D eigenvalue weighted by Crippen LogP contribution is -2.39. The summed E-state index contributed by atoms with van der Waals surface area (Å²) in [6, 6.07) is 1.61. The molecule has 12 heavy (non-hydrogen) atoms. The molecule has 1 fully saturated rings. The molecule has 1 atom stereocenters. The van der Waals surface area contributed by atoms with E-state index >= 15 is 0 Å². The van der Waals surface area contributed by atoms with Gasteiger partial charge in [0.2, 0.25) is 0 Å². The Morgan fingerprint density at radius 1 is 1.25 bits per heavy atom. The molecule has 0 aliphatic carbocycles. The van der Waals surface area contributed by atoms with Crippen LogP contribution >= 0.6 is 0 Å². The van der Waals surface area contributed by atoms with Crippen LogP contribution in [0.5, 0.6) is 0 Å². The van der Waals surface area contributed by atoms with Crippen LogP contribution in [-0.2, 0) is 0 Å². The van der Waals surface area contributed by atoms with Crippen molar-refractivity contribution in [3.05, 3.63) is 0 Å². The van der Waals surface area contributed by atoms with Crippen LogP contribution in [0.4, 0.5) is 0 Å². The Morgan fingerprint density at radius 2 is 2.00 bits per heavy atom. The minimum atomic E-state index is 0.744. The summed E-state index contributed by atoms with van der Waals surface area (Å²) in [4.78, 5) is 2.69. The van der Waals surface area contributed by atoms with E-state index in [1.165, 1.54) is 38.6 Å². The van der Waals surface area contributed by atoms with Crippen molar-refractivity contribution >= 4 is 0 Å². The Bertz CT molecular complexity index is 120. The Balaban J connectivity index is 2.51. The van der Waals surface area contributed by atoms with E-state index in [1.54, 1.807) is 0 Å². The van der Waals surface area contributed by atoms with Crippen LogP contribution in [-0.4, -0.2) is 23.5 Å². The lowest BCUT2D eigenvalue weighted by atomic mass is 10.1. The summed E-state index contributed by atoms with van der Waals surface area (Å²) in [5.41, 5.74) is 0. The minimum absolute atomic E-state index is 0.744. The van der Waals surface area contributed by atoms with Gasteiger partial charge < -0.3 is 0 Å². The van der Waals surface area contributed by atoms with E-state index in [-0.39, 0.29) is 0 Å². The van der Waals surface area contributed by atoms with Gasteiger partial charge in [-0.05, 0) is 39.7 Å². The van der Waals surface area contributed by atoms with Crippen molar-refractivity contribution in [2.75, 3.05) is 6.54 Å². The van der Waals surface area contributed by atoms with E-state index in [9.17, 15) is 0 Å². The van der Waals surface area contributed by atoms with Crippen LogP contribution in [0.25, 0.3) is 0 Å². The molecule has 1 heteroatoms. The molecule has 0 bridgehead atoms. The predicted molar refractivity (Wildman–Crippen MR) is 54.4 cm³/mol. The van der Waals surface area contributed by atoms with Crippen LogP contribution in [0, 0.1) is 0 Å². The first kappa shape index (κ1) is 10.0. The van der Waals surface area contributed by atoms with Gasteiger partial charge in [0.15, 0.2) is 0 Å². The zero-order valence-corrected chi connectivity index (χ0v) is 8.84. The van der Waals surface area contributed by atoms with Crippen molar-refractivity contribution in [2.45, 2.75) is 65.0 Å². The highest BCUT2D eigenvalue weighted by Gasteiger charge is 2.20. The molecular formula is C11H23N. The second kappa shape index (κ2) is 4.86. The van der Waals surface area contributed by atoms with Crippen molar-refractivity contribution in [1.29, 1.82) is 0 Å². The molecule has 1 heterocycles. The Hall–Kier alpha value is -0.0400. The summed E-state index contributed by atoms with van der Waals surface area (Å²) in [5, 5.41) is 0. The SMILES string of the molecule is CCC1CCCCCN1C(C)C. The van der Waals surface area contributed by atoms with E-state index < -0.39 is 0 Å². The molecule has 1 unspecified atom stereocenters. The first-order valence-electron chi connectivity index (χ1n) is 5.51. The maximum absolute atomic E-state index is 2.69. The number of nitrogens with zero attached hydrogens (tertiary/aromatic N) is 1. The van der Waals surface area contributed by atoms with E-state index in [2.05, 4.69) is 25.7 Å². The van der Waals surface area contributed by atoms with E-state index in [0.29, 0.717) is 0 Å². The minimum Gasteiger partial charge on any atom is -0.298 e. The van der Waals surface area contributed by atoms with Gasteiger partial charge in [0.1, 0.15) is 0 Å². The molecule has 0 aromatic rings. The van der Waals surface area contributed by atoms with E-state index in [0.717, 1.165) is 12.1 Å². The van der Waals surface area contributed by atoms with Gasteiger partial charge in [-0.15, -0.1) is 0 Å². The molecule has 72 valence electrons. The predicted octanol–water partition coefficient (Wildman–Crippen LogP) is 3.05. The molecular weight excluding hydrogens is 146 g/mol. The number of hydrogen-bond acceptors (Lipinski definition) is 1. The highest BCUT2D eigenvalue weighted by molar-refractivity contribution is 4.76. The summed E-state index contributed by atoms with van der Waals surface area (Å²) in [6.07, 6.45) is 7.06. The summed E-state index contributed by atoms with van der Waals surface area (Å²) in [7, 11) is 0. The van der Waals surface area contributed by atoms with Crippen molar-refractivity contribution in [3.63, 3.8) is 0 Å². The number of rotatable bonds is 2. The average molecular weight is 169 g/mol. The fraction of sp³-hybridized carbons (Fsp3) is 1.00. The van der Waals surface area contributed by atoms with E-state index in [4.69, 9.17) is 0 Å². The second-order valence-electron chi connectivity index (χ2n) is 4.24. The fourth-order valence-electron chi connectivity index (χ4n) is 2.32. The fourth-order valence-corrected chi connectivity index (χ4v) is 2.32. The third kappa shape index (κ3) is 2.48. The third-order valence-electron chi connectivity index (χ3n) is 3.06. The molecule has 1 saturated heterocycles. The maximum atomic E-state index is 2.69. The van der Waals surface area contributed by atoms with Crippen LogP contribution < -0.4 is 0 Å². The maximum Gasteiger partial charge on any atom is 0.00953 e. The van der Waals surface area contributed by atoms with Gasteiger partial charge in [0, 0.05) is 12.1 Å². The van der Waals surface area contributed by atoms with Gasteiger partial charge in [-0.25, -0.2) is 0 Å². The lowest BCUT2D eigenvalue weighted by Gasteiger charge is -2.32. The normalized spacial score (nSPS) is 27.5. The van der Waals surface area contributed by atoms with Gasteiger partial charge in [-0.3, -0.25) is 4.90 Å². The first-order valence-corrected chi connectivity index (χ1v) is 5.51. The largest absolute Gasteiger partial charge is 0.298 e. The monoisotopic (exact) mass is 169 g/mol. The number of likely N-dealkylation sites (tertiary alicyclic amines) is 1. The molecule has 1 rings (SSSR count). The molecule has 0 amide bonds. The van der Waals surface area contributed by atoms with Crippen molar-refractivity contribution in [2.24, 2.45) is 0 Å². The van der Waals surface area contributed by atoms with E-state index in [1.807, 2.05) is 0 Å². The Morgan fingerprint density at radius 3 is 2.58 bits per heavy atom. The Labute approximate surface area is 77.1 Å². The summed E-state index contributed by atoms with van der Waals surface area (Å²) < 4.78 is 0. The molecule has 0 N–H and O–H groups in total. The van der Waals surface area contributed by atoms with Crippen LogP contribution in [0.15, 0.2) is 0 Å². The molecule has 0 spiro atoms. The standard InChI is InChI=1S/C11H23N/c1-4-11-8-6-5-7-9-12(11)10(2)3/h10-11H,4-9H2,1-3H3. The highest BCUT2D eigenvalue weighted by Crippen LogP contribution is 2.20. The lowest BCUT2D eigenvalue weighted by molar-refractivity contribution is 0.152. The Kier molecular flexibility index (Phi) is 4.07. The summed E-state index contributed by atoms with van der Waals surface area (Å²) in [6.45, 7) is 8.31. The topological polar surface area (TPSA) is 3.24 Å². The molecule has 1 nitrogen and oxygen atoms in total.